The van der Waals surface area contributed by atoms with Crippen molar-refractivity contribution in [3.05, 3.63) is 57.6 Å². The number of hydrogen-bond donors (Lipinski definition) is 1. The van der Waals surface area contributed by atoms with Gasteiger partial charge >= 0.3 is 0 Å². The average molecular weight is 383 g/mol. The van der Waals surface area contributed by atoms with Crippen LogP contribution < -0.4 is 15.0 Å². The van der Waals surface area contributed by atoms with Crippen LogP contribution in [0.3, 0.4) is 0 Å². The number of benzene rings is 2. The minimum atomic E-state index is -0.530. The molecule has 1 heterocycles. The second kappa shape index (κ2) is 7.67. The molecule has 1 aliphatic rings. The summed E-state index contributed by atoms with van der Waals surface area (Å²) in [6.45, 7) is 4.08. The fourth-order valence-electron chi connectivity index (χ4n) is 3.41. The maximum absolute atomic E-state index is 12.6. The first-order valence-electron chi connectivity index (χ1n) is 8.80. The molecule has 146 valence electrons. The van der Waals surface area contributed by atoms with Gasteiger partial charge in [-0.2, -0.15) is 0 Å². The van der Waals surface area contributed by atoms with E-state index in [0.717, 1.165) is 11.1 Å². The van der Waals surface area contributed by atoms with Gasteiger partial charge in [0, 0.05) is 24.7 Å². The Kier molecular flexibility index (Phi) is 5.30. The highest BCUT2D eigenvalue weighted by Crippen LogP contribution is 2.36. The first kappa shape index (κ1) is 19.3. The number of methoxy groups -OCH3 is 1. The molecule has 8 nitrogen and oxygen atoms in total. The number of amides is 2. The van der Waals surface area contributed by atoms with Crippen LogP contribution in [0.5, 0.6) is 5.75 Å². The zero-order chi connectivity index (χ0) is 20.4. The molecule has 2 aromatic rings. The summed E-state index contributed by atoms with van der Waals surface area (Å²) in [4.78, 5) is 37.0. The summed E-state index contributed by atoms with van der Waals surface area (Å²) in [6, 6.07) is 9.81. The molecule has 2 aromatic carbocycles. The van der Waals surface area contributed by atoms with Gasteiger partial charge in [0.1, 0.15) is 5.75 Å². The Morgan fingerprint density at radius 3 is 2.50 bits per heavy atom. The normalized spacial score (nSPS) is 16.2. The van der Waals surface area contributed by atoms with Crippen LogP contribution in [0.4, 0.5) is 17.1 Å². The predicted molar refractivity (Wildman–Crippen MR) is 105 cm³/mol. The highest BCUT2D eigenvalue weighted by molar-refractivity contribution is 6.04. The molecule has 0 saturated carbocycles. The molecule has 1 N–H and O–H groups in total. The van der Waals surface area contributed by atoms with E-state index in [4.69, 9.17) is 4.74 Å². The van der Waals surface area contributed by atoms with Gasteiger partial charge in [0.15, 0.2) is 0 Å². The number of rotatable bonds is 5. The van der Waals surface area contributed by atoms with Gasteiger partial charge in [-0.05, 0) is 43.2 Å². The highest BCUT2D eigenvalue weighted by Gasteiger charge is 2.36. The van der Waals surface area contributed by atoms with Crippen LogP contribution in [0.15, 0.2) is 36.4 Å². The lowest BCUT2D eigenvalue weighted by Gasteiger charge is -2.19. The summed E-state index contributed by atoms with van der Waals surface area (Å²) in [7, 11) is 1.38. The first-order valence-corrected chi connectivity index (χ1v) is 8.80. The second-order valence-electron chi connectivity index (χ2n) is 6.88. The lowest BCUT2D eigenvalue weighted by atomic mass is 10.1. The first-order chi connectivity index (χ1) is 13.3. The number of carbonyl (C=O) groups is 2. The molecular weight excluding hydrogens is 362 g/mol. The largest absolute Gasteiger partial charge is 0.494 e. The van der Waals surface area contributed by atoms with E-state index in [9.17, 15) is 19.7 Å². The van der Waals surface area contributed by atoms with Crippen molar-refractivity contribution < 1.29 is 19.2 Å². The average Bonchev–Trinajstić information content (AvgIpc) is 3.02. The number of nitrogens with zero attached hydrogens (tertiary/aromatic N) is 2. The van der Waals surface area contributed by atoms with Crippen molar-refractivity contribution in [2.24, 2.45) is 5.92 Å². The maximum Gasteiger partial charge on any atom is 0.273 e. The number of nitro groups is 1. The lowest BCUT2D eigenvalue weighted by Crippen LogP contribution is -2.28. The van der Waals surface area contributed by atoms with Crippen molar-refractivity contribution >= 4 is 28.9 Å². The van der Waals surface area contributed by atoms with Crippen molar-refractivity contribution in [2.75, 3.05) is 23.9 Å². The fraction of sp³-hybridized carbons (Fsp3) is 0.300. The summed E-state index contributed by atoms with van der Waals surface area (Å²) in [5.74, 6) is -0.763. The smallest absolute Gasteiger partial charge is 0.273 e. The number of non-ortho nitro benzene ring substituents is 1. The number of ether oxygens (including phenoxy) is 1. The minimum Gasteiger partial charge on any atom is -0.494 e. The third-order valence-electron chi connectivity index (χ3n) is 4.65. The van der Waals surface area contributed by atoms with Crippen molar-refractivity contribution in [3.8, 4) is 5.75 Å². The topological polar surface area (TPSA) is 102 Å². The number of anilines is 2. The van der Waals surface area contributed by atoms with Crippen LogP contribution in [0, 0.1) is 29.9 Å². The quantitative estimate of drug-likeness (QED) is 0.631. The molecule has 0 aliphatic carbocycles. The van der Waals surface area contributed by atoms with Crippen LogP contribution in [-0.2, 0) is 9.59 Å². The Morgan fingerprint density at radius 1 is 1.21 bits per heavy atom. The van der Waals surface area contributed by atoms with Crippen molar-refractivity contribution in [1.29, 1.82) is 0 Å². The van der Waals surface area contributed by atoms with E-state index in [0.29, 0.717) is 11.4 Å². The Hall–Kier alpha value is -3.42. The molecule has 3 rings (SSSR count). The highest BCUT2D eigenvalue weighted by atomic mass is 16.6. The molecule has 0 spiro atoms. The van der Waals surface area contributed by atoms with Gasteiger partial charge in [-0.15, -0.1) is 0 Å². The Morgan fingerprint density at radius 2 is 1.89 bits per heavy atom. The monoisotopic (exact) mass is 383 g/mol. The van der Waals surface area contributed by atoms with Crippen LogP contribution in [-0.4, -0.2) is 30.4 Å². The van der Waals surface area contributed by atoms with E-state index in [-0.39, 0.29) is 36.2 Å². The summed E-state index contributed by atoms with van der Waals surface area (Å²) < 4.78 is 5.22. The third kappa shape index (κ3) is 3.95. The number of nitrogens with one attached hydrogen (secondary N) is 1. The lowest BCUT2D eigenvalue weighted by molar-refractivity contribution is -0.384. The number of hydrogen-bond acceptors (Lipinski definition) is 5. The molecule has 1 aliphatic heterocycles. The van der Waals surface area contributed by atoms with Crippen molar-refractivity contribution in [1.82, 2.24) is 0 Å². The maximum atomic E-state index is 12.6. The summed E-state index contributed by atoms with van der Waals surface area (Å²) >= 11 is 0. The predicted octanol–water partition coefficient (Wildman–Crippen LogP) is 3.21. The van der Waals surface area contributed by atoms with Crippen molar-refractivity contribution in [3.63, 3.8) is 0 Å². The summed E-state index contributed by atoms with van der Waals surface area (Å²) in [5.41, 5.74) is 3.06. The van der Waals surface area contributed by atoms with Crippen molar-refractivity contribution in [2.45, 2.75) is 20.3 Å². The van der Waals surface area contributed by atoms with Gasteiger partial charge in [0.05, 0.1) is 29.7 Å². The molecule has 0 aromatic heterocycles. The summed E-state index contributed by atoms with van der Waals surface area (Å²) in [5, 5.41) is 13.8. The Bertz CT molecular complexity index is 937. The molecule has 0 bridgehead atoms. The molecule has 0 radical (unpaired) electrons. The molecular formula is C20H21N3O5. The zero-order valence-electron chi connectivity index (χ0n) is 15.9. The van der Waals surface area contributed by atoms with E-state index in [1.165, 1.54) is 30.2 Å². The number of carbonyl (C=O) groups excluding carboxylic acids is 2. The van der Waals surface area contributed by atoms with Gasteiger partial charge in [-0.1, -0.05) is 6.07 Å². The molecule has 28 heavy (non-hydrogen) atoms. The van der Waals surface area contributed by atoms with Crippen LogP contribution >= 0.6 is 0 Å². The van der Waals surface area contributed by atoms with Crippen LogP contribution in [0.25, 0.3) is 0 Å². The standard InChI is InChI=1S/C20H21N3O5/c1-12-6-13(2)8-15(7-12)21-20(25)14-9-19(24)22(11-14)17-5-4-16(23(26)27)10-18(17)28-3/h4-8,10,14H,9,11H2,1-3H3,(H,21,25)/t14-/m0/s1. The van der Waals surface area contributed by atoms with Gasteiger partial charge < -0.3 is 15.0 Å². The molecule has 1 atom stereocenters. The van der Waals surface area contributed by atoms with E-state index in [2.05, 4.69) is 5.32 Å². The van der Waals surface area contributed by atoms with Gasteiger partial charge in [0.2, 0.25) is 11.8 Å². The number of aryl methyl sites for hydroxylation is 2. The van der Waals surface area contributed by atoms with Gasteiger partial charge in [0.25, 0.3) is 5.69 Å². The summed E-state index contributed by atoms with van der Waals surface area (Å²) in [6.07, 6.45) is 0.0662. The Balaban J connectivity index is 1.78. The van der Waals surface area contributed by atoms with E-state index >= 15 is 0 Å². The molecule has 2 amide bonds. The minimum absolute atomic E-state index is 0.0662. The van der Waals surface area contributed by atoms with E-state index < -0.39 is 10.8 Å². The fourth-order valence-corrected chi connectivity index (χ4v) is 3.41. The third-order valence-corrected chi connectivity index (χ3v) is 4.65. The van der Waals surface area contributed by atoms with E-state index in [1.54, 1.807) is 0 Å². The molecule has 8 heteroatoms. The second-order valence-corrected chi connectivity index (χ2v) is 6.88. The van der Waals surface area contributed by atoms with Gasteiger partial charge in [-0.3, -0.25) is 19.7 Å². The van der Waals surface area contributed by atoms with Crippen LogP contribution in [0.1, 0.15) is 17.5 Å². The molecule has 1 saturated heterocycles. The zero-order valence-corrected chi connectivity index (χ0v) is 15.9. The van der Waals surface area contributed by atoms with Gasteiger partial charge in [-0.25, -0.2) is 0 Å². The van der Waals surface area contributed by atoms with Crippen LogP contribution in [0.2, 0.25) is 0 Å². The Labute approximate surface area is 162 Å². The SMILES string of the molecule is COc1cc([N+](=O)[O-])ccc1N1C[C@@H](C(=O)Nc2cc(C)cc(C)c2)CC1=O. The van der Waals surface area contributed by atoms with E-state index in [1.807, 2.05) is 32.0 Å². The number of nitro benzene ring substituents is 1. The molecule has 1 fully saturated rings. The molecule has 0 unspecified atom stereocenters.